The fourth-order valence-corrected chi connectivity index (χ4v) is 3.66. The molecule has 1 aromatic rings. The number of hydrogen-bond donors (Lipinski definition) is 0. The molecule has 172 valence electrons. The van der Waals surface area contributed by atoms with Gasteiger partial charge in [-0.1, -0.05) is 30.3 Å². The molecule has 31 heavy (non-hydrogen) atoms. The summed E-state index contributed by atoms with van der Waals surface area (Å²) in [6.45, 7) is 7.53. The van der Waals surface area contributed by atoms with E-state index >= 15 is 0 Å². The molecule has 2 amide bonds. The zero-order valence-corrected chi connectivity index (χ0v) is 19.6. The number of esters is 1. The average molecular weight is 432 g/mol. The molecular formula is C24H37N3O4. The highest BCUT2D eigenvalue weighted by atomic mass is 16.6. The Kier molecular flexibility index (Phi) is 9.04. The third kappa shape index (κ3) is 8.69. The molecule has 1 aromatic carbocycles. The summed E-state index contributed by atoms with van der Waals surface area (Å²) in [4.78, 5) is 43.8. The molecule has 1 fully saturated rings. The number of hydrogen-bond acceptors (Lipinski definition) is 5. The molecule has 1 aliphatic heterocycles. The third-order valence-corrected chi connectivity index (χ3v) is 5.19. The van der Waals surface area contributed by atoms with Crippen LogP contribution in [0.4, 0.5) is 0 Å². The van der Waals surface area contributed by atoms with Crippen LogP contribution in [-0.2, 0) is 25.5 Å². The molecule has 0 spiro atoms. The number of rotatable bonds is 8. The zero-order valence-electron chi connectivity index (χ0n) is 19.6. The van der Waals surface area contributed by atoms with Crippen molar-refractivity contribution in [1.82, 2.24) is 14.7 Å². The molecule has 1 atom stereocenters. The Bertz CT molecular complexity index is 743. The highest BCUT2D eigenvalue weighted by Crippen LogP contribution is 2.20. The first-order chi connectivity index (χ1) is 14.5. The zero-order chi connectivity index (χ0) is 23.0. The molecule has 0 bridgehead atoms. The lowest BCUT2D eigenvalue weighted by Gasteiger charge is -2.35. The van der Waals surface area contributed by atoms with E-state index in [4.69, 9.17) is 4.74 Å². The standard InChI is InChI=1S/C24H37N3O4/c1-24(2,3)31-22(29)18-27(15-14-25(4)5)23(30)20-12-9-13-26(17-20)21(28)16-19-10-7-6-8-11-19/h6-8,10-11,20H,9,12-18H2,1-5H3. The van der Waals surface area contributed by atoms with Gasteiger partial charge >= 0.3 is 5.97 Å². The van der Waals surface area contributed by atoms with Gasteiger partial charge in [-0.25, -0.2) is 0 Å². The second kappa shape index (κ2) is 11.3. The maximum Gasteiger partial charge on any atom is 0.326 e. The summed E-state index contributed by atoms with van der Waals surface area (Å²) < 4.78 is 5.43. The minimum absolute atomic E-state index is 0.0377. The Hall–Kier alpha value is -2.41. The Morgan fingerprint density at radius 1 is 1.10 bits per heavy atom. The first-order valence-electron chi connectivity index (χ1n) is 11.0. The van der Waals surface area contributed by atoms with Gasteiger partial charge in [-0.15, -0.1) is 0 Å². The lowest BCUT2D eigenvalue weighted by molar-refractivity contribution is -0.160. The van der Waals surface area contributed by atoms with Gasteiger partial charge in [0.05, 0.1) is 12.3 Å². The van der Waals surface area contributed by atoms with E-state index in [0.29, 0.717) is 32.6 Å². The van der Waals surface area contributed by atoms with Crippen LogP contribution in [0, 0.1) is 5.92 Å². The van der Waals surface area contributed by atoms with Gasteiger partial charge in [0.2, 0.25) is 11.8 Å². The number of likely N-dealkylation sites (N-methyl/N-ethyl adjacent to an activating group) is 1. The van der Waals surface area contributed by atoms with Crippen molar-refractivity contribution in [3.05, 3.63) is 35.9 Å². The molecule has 7 heteroatoms. The first kappa shape index (κ1) is 24.9. The molecule has 1 aliphatic rings. The monoisotopic (exact) mass is 431 g/mol. The summed E-state index contributed by atoms with van der Waals surface area (Å²) in [7, 11) is 3.86. The lowest BCUT2D eigenvalue weighted by Crippen LogP contribution is -2.49. The van der Waals surface area contributed by atoms with Gasteiger partial charge in [0.15, 0.2) is 0 Å². The van der Waals surface area contributed by atoms with Crippen molar-refractivity contribution < 1.29 is 19.1 Å². The molecule has 7 nitrogen and oxygen atoms in total. The molecule has 0 aromatic heterocycles. The van der Waals surface area contributed by atoms with Crippen molar-refractivity contribution in [2.24, 2.45) is 5.92 Å². The Balaban J connectivity index is 2.02. The highest BCUT2D eigenvalue weighted by molar-refractivity contribution is 5.85. The second-order valence-corrected chi connectivity index (χ2v) is 9.49. The van der Waals surface area contributed by atoms with E-state index in [0.717, 1.165) is 18.4 Å². The molecule has 0 saturated carbocycles. The van der Waals surface area contributed by atoms with E-state index in [1.807, 2.05) is 70.1 Å². The fraction of sp³-hybridized carbons (Fsp3) is 0.625. The van der Waals surface area contributed by atoms with E-state index < -0.39 is 11.6 Å². The Morgan fingerprint density at radius 2 is 1.77 bits per heavy atom. The number of nitrogens with zero attached hydrogens (tertiary/aromatic N) is 3. The van der Waals surface area contributed by atoms with Gasteiger partial charge in [-0.2, -0.15) is 0 Å². The summed E-state index contributed by atoms with van der Waals surface area (Å²) >= 11 is 0. The number of carbonyl (C=O) groups excluding carboxylic acids is 3. The minimum Gasteiger partial charge on any atom is -0.459 e. The summed E-state index contributed by atoms with van der Waals surface area (Å²) in [5, 5.41) is 0. The van der Waals surface area contributed by atoms with E-state index in [-0.39, 0.29) is 24.3 Å². The van der Waals surface area contributed by atoms with Crippen molar-refractivity contribution in [2.75, 3.05) is 46.8 Å². The lowest BCUT2D eigenvalue weighted by atomic mass is 9.95. The number of benzene rings is 1. The number of likely N-dealkylation sites (tertiary alicyclic amines) is 1. The fourth-order valence-electron chi connectivity index (χ4n) is 3.66. The van der Waals surface area contributed by atoms with Gasteiger partial charge < -0.3 is 19.4 Å². The van der Waals surface area contributed by atoms with Crippen LogP contribution in [0.3, 0.4) is 0 Å². The largest absolute Gasteiger partial charge is 0.459 e. The van der Waals surface area contributed by atoms with Crippen molar-refractivity contribution in [1.29, 1.82) is 0 Å². The van der Waals surface area contributed by atoms with Crippen molar-refractivity contribution in [3.63, 3.8) is 0 Å². The average Bonchev–Trinajstić information content (AvgIpc) is 2.70. The third-order valence-electron chi connectivity index (χ3n) is 5.19. The summed E-state index contributed by atoms with van der Waals surface area (Å²) in [5.41, 5.74) is 0.372. The predicted molar refractivity (Wildman–Crippen MR) is 120 cm³/mol. The maximum absolute atomic E-state index is 13.3. The van der Waals surface area contributed by atoms with Crippen molar-refractivity contribution in [2.45, 2.75) is 45.6 Å². The normalized spacial score (nSPS) is 16.8. The summed E-state index contributed by atoms with van der Waals surface area (Å²) in [5.74, 6) is -0.744. The number of amides is 2. The second-order valence-electron chi connectivity index (χ2n) is 9.49. The molecule has 1 unspecified atom stereocenters. The number of piperidine rings is 1. The van der Waals surface area contributed by atoms with Gasteiger partial charge in [-0.3, -0.25) is 14.4 Å². The van der Waals surface area contributed by atoms with Crippen LogP contribution < -0.4 is 0 Å². The van der Waals surface area contributed by atoms with Crippen molar-refractivity contribution >= 4 is 17.8 Å². The first-order valence-corrected chi connectivity index (χ1v) is 11.0. The van der Waals surface area contributed by atoms with Crippen LogP contribution in [0.15, 0.2) is 30.3 Å². The molecule has 0 N–H and O–H groups in total. The SMILES string of the molecule is CN(C)CCN(CC(=O)OC(C)(C)C)C(=O)C1CCCN(C(=O)Cc2ccccc2)C1. The van der Waals surface area contributed by atoms with Gasteiger partial charge in [0.1, 0.15) is 12.1 Å². The van der Waals surface area contributed by atoms with Gasteiger partial charge in [0, 0.05) is 26.2 Å². The van der Waals surface area contributed by atoms with Gasteiger partial charge in [-0.05, 0) is 53.3 Å². The van der Waals surface area contributed by atoms with Crippen LogP contribution >= 0.6 is 0 Å². The number of ether oxygens (including phenoxy) is 1. The topological polar surface area (TPSA) is 70.2 Å². The Morgan fingerprint density at radius 3 is 2.39 bits per heavy atom. The van der Waals surface area contributed by atoms with Crippen molar-refractivity contribution in [3.8, 4) is 0 Å². The molecule has 1 heterocycles. The number of carbonyl (C=O) groups is 3. The maximum atomic E-state index is 13.3. The van der Waals surface area contributed by atoms with Crippen LogP contribution in [-0.4, -0.2) is 84.9 Å². The van der Waals surface area contributed by atoms with E-state index in [1.165, 1.54) is 0 Å². The van der Waals surface area contributed by atoms with E-state index in [1.54, 1.807) is 9.80 Å². The summed E-state index contributed by atoms with van der Waals surface area (Å²) in [6, 6.07) is 9.65. The Labute approximate surface area is 186 Å². The van der Waals surface area contributed by atoms with Crippen LogP contribution in [0.1, 0.15) is 39.2 Å². The van der Waals surface area contributed by atoms with Crippen LogP contribution in [0.5, 0.6) is 0 Å². The summed E-state index contributed by atoms with van der Waals surface area (Å²) in [6.07, 6.45) is 1.84. The van der Waals surface area contributed by atoms with Gasteiger partial charge in [0.25, 0.3) is 0 Å². The molecule has 2 rings (SSSR count). The molecular weight excluding hydrogens is 394 g/mol. The quantitative estimate of drug-likeness (QED) is 0.590. The smallest absolute Gasteiger partial charge is 0.326 e. The molecule has 0 aliphatic carbocycles. The van der Waals surface area contributed by atoms with Crippen LogP contribution in [0.2, 0.25) is 0 Å². The minimum atomic E-state index is -0.598. The van der Waals surface area contributed by atoms with E-state index in [2.05, 4.69) is 0 Å². The highest BCUT2D eigenvalue weighted by Gasteiger charge is 2.32. The van der Waals surface area contributed by atoms with E-state index in [9.17, 15) is 14.4 Å². The predicted octanol–water partition coefficient (Wildman–Crippen LogP) is 2.20. The molecule has 0 radical (unpaired) electrons. The van der Waals surface area contributed by atoms with Crippen LogP contribution in [0.25, 0.3) is 0 Å². The molecule has 1 saturated heterocycles.